The molecule has 37 heavy (non-hydrogen) atoms. The Morgan fingerprint density at radius 1 is 1.14 bits per heavy atom. The summed E-state index contributed by atoms with van der Waals surface area (Å²) in [5.74, 6) is -4.62. The number of carbonyl (C=O) groups excluding carboxylic acids is 1. The Labute approximate surface area is 212 Å². The number of aliphatic imine (C=N–C) groups is 1. The number of benzene rings is 2. The van der Waals surface area contributed by atoms with Crippen molar-refractivity contribution >= 4 is 46.5 Å². The molecule has 0 spiro atoms. The van der Waals surface area contributed by atoms with Crippen molar-refractivity contribution in [2.24, 2.45) is 10.7 Å². The molecule has 4 rings (SSSR count). The topological polar surface area (TPSA) is 121 Å². The van der Waals surface area contributed by atoms with Gasteiger partial charge in [0.2, 0.25) is 5.78 Å². The van der Waals surface area contributed by atoms with Crippen molar-refractivity contribution in [2.45, 2.75) is 11.8 Å². The van der Waals surface area contributed by atoms with Crippen molar-refractivity contribution in [2.75, 3.05) is 17.1 Å². The van der Waals surface area contributed by atoms with E-state index in [9.17, 15) is 18.0 Å². The number of nitrogens with two attached hydrogens (primary N) is 1. The summed E-state index contributed by atoms with van der Waals surface area (Å²) >= 11 is 0.567. The van der Waals surface area contributed by atoms with E-state index in [1.54, 1.807) is 14.0 Å². The second-order valence-electron chi connectivity index (χ2n) is 7.65. The zero-order chi connectivity index (χ0) is 26.7. The lowest BCUT2D eigenvalue weighted by atomic mass is 10.0. The van der Waals surface area contributed by atoms with Gasteiger partial charge in [0.1, 0.15) is 35.2 Å². The molecule has 2 aromatic heterocycles. The SMILES string of the molecule is CN=CC(Nc1ncnc2[nH]cc(C(=O)c3c(F)ccc(NSc4cc(F)ccc4F)c3F)c12)=C(C)N. The monoisotopic (exact) mass is 529 g/mol. The molecule has 0 unspecified atom stereocenters. The lowest BCUT2D eigenvalue weighted by Crippen LogP contribution is -2.12. The number of fused-ring (bicyclic) bond motifs is 1. The minimum absolute atomic E-state index is 0.112. The van der Waals surface area contributed by atoms with Gasteiger partial charge in [-0.2, -0.15) is 0 Å². The molecule has 2 aromatic carbocycles. The van der Waals surface area contributed by atoms with Crippen LogP contribution in [0.3, 0.4) is 0 Å². The zero-order valence-corrected chi connectivity index (χ0v) is 20.2. The summed E-state index contributed by atoms with van der Waals surface area (Å²) in [6, 6.07) is 4.70. The largest absolute Gasteiger partial charge is 0.401 e. The Bertz CT molecular complexity index is 1560. The van der Waals surface area contributed by atoms with Gasteiger partial charge in [0.25, 0.3) is 0 Å². The molecular formula is C24H19F4N7OS. The summed E-state index contributed by atoms with van der Waals surface area (Å²) in [4.78, 5) is 28.2. The van der Waals surface area contributed by atoms with E-state index in [0.29, 0.717) is 23.3 Å². The highest BCUT2D eigenvalue weighted by atomic mass is 32.2. The van der Waals surface area contributed by atoms with Crippen LogP contribution in [0.5, 0.6) is 0 Å². The third-order valence-electron chi connectivity index (χ3n) is 5.13. The smallest absolute Gasteiger partial charge is 0.201 e. The van der Waals surface area contributed by atoms with Crippen LogP contribution in [0, 0.1) is 23.3 Å². The summed E-state index contributed by atoms with van der Waals surface area (Å²) in [6.45, 7) is 1.63. The van der Waals surface area contributed by atoms with Crippen molar-refractivity contribution in [3.63, 3.8) is 0 Å². The van der Waals surface area contributed by atoms with Gasteiger partial charge in [-0.05, 0) is 49.2 Å². The minimum Gasteiger partial charge on any atom is -0.401 e. The number of aromatic nitrogens is 3. The average Bonchev–Trinajstić information content (AvgIpc) is 3.30. The quantitative estimate of drug-likeness (QED) is 0.108. The van der Waals surface area contributed by atoms with Gasteiger partial charge >= 0.3 is 0 Å². The van der Waals surface area contributed by atoms with E-state index in [2.05, 4.69) is 30.0 Å². The van der Waals surface area contributed by atoms with Crippen molar-refractivity contribution in [3.05, 3.63) is 88.6 Å². The first kappa shape index (κ1) is 25.7. The summed E-state index contributed by atoms with van der Waals surface area (Å²) in [5.41, 5.74) is 5.60. The van der Waals surface area contributed by atoms with Crippen LogP contribution in [-0.2, 0) is 0 Å². The van der Waals surface area contributed by atoms with Crippen LogP contribution < -0.4 is 15.8 Å². The molecule has 5 N–H and O–H groups in total. The first-order chi connectivity index (χ1) is 17.7. The first-order valence-electron chi connectivity index (χ1n) is 10.6. The lowest BCUT2D eigenvalue weighted by Gasteiger charge is -2.12. The molecule has 13 heteroatoms. The third-order valence-corrected chi connectivity index (χ3v) is 5.99. The molecule has 2 heterocycles. The van der Waals surface area contributed by atoms with Crippen LogP contribution >= 0.6 is 11.9 Å². The number of nitrogens with one attached hydrogen (secondary N) is 3. The molecule has 8 nitrogen and oxygen atoms in total. The maximum absolute atomic E-state index is 15.4. The molecular weight excluding hydrogens is 510 g/mol. The van der Waals surface area contributed by atoms with E-state index in [0.717, 1.165) is 30.3 Å². The molecule has 0 fully saturated rings. The Balaban J connectivity index is 1.73. The maximum atomic E-state index is 15.4. The maximum Gasteiger partial charge on any atom is 0.201 e. The number of H-pyrrole nitrogens is 1. The molecule has 0 amide bonds. The lowest BCUT2D eigenvalue weighted by molar-refractivity contribution is 0.103. The van der Waals surface area contributed by atoms with Gasteiger partial charge in [-0.15, -0.1) is 0 Å². The fourth-order valence-electron chi connectivity index (χ4n) is 3.37. The molecule has 0 saturated carbocycles. The highest BCUT2D eigenvalue weighted by Gasteiger charge is 2.26. The number of carbonyl (C=O) groups is 1. The predicted molar refractivity (Wildman–Crippen MR) is 134 cm³/mol. The molecule has 0 aliphatic heterocycles. The Kier molecular flexibility index (Phi) is 7.43. The molecule has 0 bridgehead atoms. The number of halogens is 4. The molecule has 0 aliphatic carbocycles. The Morgan fingerprint density at radius 2 is 1.89 bits per heavy atom. The van der Waals surface area contributed by atoms with Crippen LogP contribution in [0.1, 0.15) is 22.8 Å². The number of nitrogens with zero attached hydrogens (tertiary/aromatic N) is 3. The van der Waals surface area contributed by atoms with Gasteiger partial charge in [-0.1, -0.05) is 0 Å². The molecule has 4 aromatic rings. The molecule has 190 valence electrons. The van der Waals surface area contributed by atoms with E-state index in [4.69, 9.17) is 5.73 Å². The van der Waals surface area contributed by atoms with Crippen molar-refractivity contribution < 1.29 is 22.4 Å². The highest BCUT2D eigenvalue weighted by molar-refractivity contribution is 8.00. The number of ketones is 1. The van der Waals surface area contributed by atoms with Gasteiger partial charge in [-0.3, -0.25) is 9.79 Å². The fourth-order valence-corrected chi connectivity index (χ4v) is 4.08. The van der Waals surface area contributed by atoms with Crippen molar-refractivity contribution in [3.8, 4) is 0 Å². The number of hydrogen-bond donors (Lipinski definition) is 4. The summed E-state index contributed by atoms with van der Waals surface area (Å²) < 4.78 is 60.0. The van der Waals surface area contributed by atoms with Crippen LogP contribution in [0.15, 0.2) is 64.1 Å². The number of anilines is 2. The normalized spacial score (nSPS) is 12.2. The van der Waals surface area contributed by atoms with E-state index < -0.39 is 34.6 Å². The van der Waals surface area contributed by atoms with Crippen LogP contribution in [0.2, 0.25) is 0 Å². The molecule has 0 atom stereocenters. The van der Waals surface area contributed by atoms with E-state index in [1.807, 2.05) is 0 Å². The summed E-state index contributed by atoms with van der Waals surface area (Å²) in [5, 5.41) is 3.13. The van der Waals surface area contributed by atoms with E-state index in [1.165, 1.54) is 18.7 Å². The summed E-state index contributed by atoms with van der Waals surface area (Å²) in [6.07, 6.45) is 3.94. The third kappa shape index (κ3) is 5.26. The standard InChI is InChI=1S/C24H19F4N7OS/c1-11(29)17(9-30-2)34-24-19-13(8-31-23(19)32-10-33-24)22(36)20-15(27)5-6-16(21(20)28)35-37-18-7-12(25)3-4-14(18)26/h3-10,35H,29H2,1-2H3,(H2,31,32,33,34). The second-order valence-corrected chi connectivity index (χ2v) is 8.50. The number of aromatic amines is 1. The zero-order valence-electron chi connectivity index (χ0n) is 19.4. The van der Waals surface area contributed by atoms with Crippen LogP contribution in [0.4, 0.5) is 29.1 Å². The Morgan fingerprint density at radius 3 is 2.62 bits per heavy atom. The average molecular weight is 530 g/mol. The van der Waals surface area contributed by atoms with Gasteiger partial charge in [0.05, 0.1) is 32.8 Å². The van der Waals surface area contributed by atoms with E-state index >= 15 is 4.39 Å². The Hall–Kier alpha value is -4.39. The highest BCUT2D eigenvalue weighted by Crippen LogP contribution is 2.32. The van der Waals surface area contributed by atoms with Gasteiger partial charge in [-0.25, -0.2) is 27.5 Å². The molecule has 0 aliphatic rings. The second kappa shape index (κ2) is 10.7. The number of rotatable bonds is 8. The fraction of sp³-hybridized carbons (Fsp3) is 0.0833. The molecule has 0 saturated heterocycles. The van der Waals surface area contributed by atoms with Gasteiger partial charge in [0, 0.05) is 25.2 Å². The summed E-state index contributed by atoms with van der Waals surface area (Å²) in [7, 11) is 1.54. The van der Waals surface area contributed by atoms with Crippen LogP contribution in [0.25, 0.3) is 11.0 Å². The first-order valence-corrected chi connectivity index (χ1v) is 11.4. The minimum atomic E-state index is -1.22. The van der Waals surface area contributed by atoms with Gasteiger partial charge in [0.15, 0.2) is 5.82 Å². The van der Waals surface area contributed by atoms with Crippen LogP contribution in [-0.4, -0.2) is 34.0 Å². The van der Waals surface area contributed by atoms with E-state index in [-0.39, 0.29) is 33.0 Å². The van der Waals surface area contributed by atoms with Crippen molar-refractivity contribution in [1.29, 1.82) is 0 Å². The van der Waals surface area contributed by atoms with Crippen molar-refractivity contribution in [1.82, 2.24) is 15.0 Å². The van der Waals surface area contributed by atoms with Gasteiger partial charge < -0.3 is 20.8 Å². The predicted octanol–water partition coefficient (Wildman–Crippen LogP) is 5.17. The molecule has 0 radical (unpaired) electrons. The number of hydrogen-bond acceptors (Lipinski definition) is 8. The number of allylic oxidation sites excluding steroid dienone is 2.